The van der Waals surface area contributed by atoms with Gasteiger partial charge < -0.3 is 9.47 Å². The molecule has 0 radical (unpaired) electrons. The predicted octanol–water partition coefficient (Wildman–Crippen LogP) is 5.76. The van der Waals surface area contributed by atoms with E-state index in [0.29, 0.717) is 13.0 Å². The number of ether oxygens (including phenoxy) is 2. The average Bonchev–Trinajstić information content (AvgIpc) is 2.79. The van der Waals surface area contributed by atoms with Crippen LogP contribution in [0.25, 0.3) is 0 Å². The van der Waals surface area contributed by atoms with E-state index >= 15 is 0 Å². The second-order valence-corrected chi connectivity index (χ2v) is 9.32. The fraction of sp³-hybridized carbons (Fsp3) is 0.810. The van der Waals surface area contributed by atoms with E-state index in [9.17, 15) is 9.59 Å². The average molecular weight is 478 g/mol. The maximum Gasteiger partial charge on any atom is 0.306 e. The van der Waals surface area contributed by atoms with Crippen LogP contribution < -0.4 is 0 Å². The monoisotopic (exact) mass is 478 g/mol. The molecule has 0 aliphatic heterocycles. The zero-order valence-corrected chi connectivity index (χ0v) is 19.0. The van der Waals surface area contributed by atoms with Gasteiger partial charge in [-0.2, -0.15) is 0 Å². The lowest BCUT2D eigenvalue weighted by molar-refractivity contribution is -0.155. The molecule has 4 nitrogen and oxygen atoms in total. The Morgan fingerprint density at radius 3 is 2.46 bits per heavy atom. The van der Waals surface area contributed by atoms with E-state index in [1.807, 2.05) is 20.8 Å². The SMILES string of the molecule is CCCCCCC[C@H]1C(=O)C=C(I)[C@H]1OCCCCC(=O)OC(C)(C)C. The molecule has 26 heavy (non-hydrogen) atoms. The van der Waals surface area contributed by atoms with Crippen LogP contribution in [0.15, 0.2) is 9.66 Å². The largest absolute Gasteiger partial charge is 0.460 e. The molecule has 1 aliphatic carbocycles. The number of halogens is 1. The van der Waals surface area contributed by atoms with Crippen LogP contribution >= 0.6 is 22.6 Å². The van der Waals surface area contributed by atoms with Crippen molar-refractivity contribution >= 4 is 34.3 Å². The summed E-state index contributed by atoms with van der Waals surface area (Å²) in [5.41, 5.74) is -0.428. The Morgan fingerprint density at radius 1 is 1.12 bits per heavy atom. The van der Waals surface area contributed by atoms with Crippen LogP contribution in [-0.2, 0) is 19.1 Å². The van der Waals surface area contributed by atoms with Gasteiger partial charge in [0.25, 0.3) is 0 Å². The Morgan fingerprint density at radius 2 is 1.81 bits per heavy atom. The summed E-state index contributed by atoms with van der Waals surface area (Å²) >= 11 is 2.23. The van der Waals surface area contributed by atoms with Crippen LogP contribution in [-0.4, -0.2) is 30.1 Å². The molecule has 0 aromatic carbocycles. The molecule has 0 saturated carbocycles. The number of carbonyl (C=O) groups is 2. The van der Waals surface area contributed by atoms with E-state index in [2.05, 4.69) is 29.5 Å². The third-order valence-electron chi connectivity index (χ3n) is 4.39. The van der Waals surface area contributed by atoms with E-state index in [1.165, 1.54) is 25.7 Å². The molecule has 2 atom stereocenters. The number of rotatable bonds is 12. The van der Waals surface area contributed by atoms with Crippen molar-refractivity contribution in [3.63, 3.8) is 0 Å². The third-order valence-corrected chi connectivity index (χ3v) is 5.32. The third kappa shape index (κ3) is 9.49. The molecule has 0 heterocycles. The lowest BCUT2D eigenvalue weighted by atomic mass is 9.95. The minimum absolute atomic E-state index is 0.0191. The van der Waals surface area contributed by atoms with Gasteiger partial charge in [-0.1, -0.05) is 39.0 Å². The first-order chi connectivity index (χ1) is 12.2. The fourth-order valence-electron chi connectivity index (χ4n) is 3.10. The van der Waals surface area contributed by atoms with Crippen molar-refractivity contribution in [2.45, 2.75) is 97.2 Å². The van der Waals surface area contributed by atoms with Crippen molar-refractivity contribution in [3.05, 3.63) is 9.66 Å². The summed E-state index contributed by atoms with van der Waals surface area (Å²) < 4.78 is 12.3. The summed E-state index contributed by atoms with van der Waals surface area (Å²) in [5.74, 6) is 0.0333. The molecule has 0 amide bonds. The molecule has 0 bridgehead atoms. The Kier molecular flexibility index (Phi) is 11.0. The molecule has 1 aliphatic rings. The van der Waals surface area contributed by atoms with Gasteiger partial charge in [0, 0.05) is 16.6 Å². The molecular weight excluding hydrogens is 443 g/mol. The summed E-state index contributed by atoms with van der Waals surface area (Å²) in [6.45, 7) is 8.41. The van der Waals surface area contributed by atoms with Crippen molar-refractivity contribution in [2.75, 3.05) is 6.61 Å². The second-order valence-electron chi connectivity index (χ2n) is 8.08. The number of hydrogen-bond donors (Lipinski definition) is 0. The molecular formula is C21H35IO4. The maximum atomic E-state index is 12.2. The van der Waals surface area contributed by atoms with Crippen LogP contribution in [0.3, 0.4) is 0 Å². The Labute approximate surface area is 172 Å². The molecule has 0 unspecified atom stereocenters. The standard InChI is InChI=1S/C21H35IO4/c1-5-6-7-8-9-12-16-18(23)15-17(22)20(16)25-14-11-10-13-19(24)26-21(2,3)4/h15-16,20H,5-14H2,1-4H3/t16-,20-/m0/s1. The van der Waals surface area contributed by atoms with Crippen molar-refractivity contribution in [3.8, 4) is 0 Å². The predicted molar refractivity (Wildman–Crippen MR) is 113 cm³/mol. The molecule has 0 aromatic heterocycles. The first-order valence-corrected chi connectivity index (χ1v) is 11.1. The van der Waals surface area contributed by atoms with E-state index in [-0.39, 0.29) is 23.8 Å². The molecule has 1 rings (SSSR count). The van der Waals surface area contributed by atoms with E-state index in [1.54, 1.807) is 6.08 Å². The Bertz CT molecular complexity index is 479. The molecule has 0 aromatic rings. The summed E-state index contributed by atoms with van der Waals surface area (Å²) in [4.78, 5) is 23.9. The zero-order chi connectivity index (χ0) is 19.6. The van der Waals surface area contributed by atoms with E-state index in [0.717, 1.165) is 29.3 Å². The maximum absolute atomic E-state index is 12.2. The van der Waals surface area contributed by atoms with Crippen molar-refractivity contribution in [2.24, 2.45) is 5.92 Å². The minimum atomic E-state index is -0.428. The van der Waals surface area contributed by atoms with Crippen LogP contribution in [0, 0.1) is 5.92 Å². The van der Waals surface area contributed by atoms with E-state index in [4.69, 9.17) is 9.47 Å². The topological polar surface area (TPSA) is 52.6 Å². The zero-order valence-electron chi connectivity index (χ0n) is 16.8. The summed E-state index contributed by atoms with van der Waals surface area (Å²) in [5, 5.41) is 0. The number of hydrogen-bond acceptors (Lipinski definition) is 4. The Balaban J connectivity index is 2.27. The van der Waals surface area contributed by atoms with Crippen molar-refractivity contribution < 1.29 is 19.1 Å². The number of ketones is 1. The van der Waals surface area contributed by atoms with Crippen molar-refractivity contribution in [1.82, 2.24) is 0 Å². The van der Waals surface area contributed by atoms with Crippen molar-refractivity contribution in [1.29, 1.82) is 0 Å². The van der Waals surface area contributed by atoms with Gasteiger partial charge in [0.2, 0.25) is 0 Å². The number of allylic oxidation sites excluding steroid dienone is 1. The number of carbonyl (C=O) groups excluding carboxylic acids is 2. The summed E-state index contributed by atoms with van der Waals surface area (Å²) in [6, 6.07) is 0. The van der Waals surface area contributed by atoms with Gasteiger partial charge in [0.15, 0.2) is 5.78 Å². The molecule has 150 valence electrons. The first-order valence-electron chi connectivity index (χ1n) is 9.99. The summed E-state index contributed by atoms with van der Waals surface area (Å²) in [7, 11) is 0. The van der Waals surface area contributed by atoms with E-state index < -0.39 is 5.60 Å². The molecule has 0 fully saturated rings. The van der Waals surface area contributed by atoms with Crippen LogP contribution in [0.5, 0.6) is 0 Å². The highest BCUT2D eigenvalue weighted by Crippen LogP contribution is 2.33. The first kappa shape index (κ1) is 23.6. The van der Waals surface area contributed by atoms with Gasteiger partial charge >= 0.3 is 5.97 Å². The Hall–Kier alpha value is -0.430. The second kappa shape index (κ2) is 12.1. The van der Waals surface area contributed by atoms with Gasteiger partial charge in [-0.3, -0.25) is 9.59 Å². The number of unbranched alkanes of at least 4 members (excludes halogenated alkanes) is 5. The van der Waals surface area contributed by atoms with Gasteiger partial charge in [0.05, 0.1) is 12.0 Å². The fourth-order valence-corrected chi connectivity index (χ4v) is 4.02. The smallest absolute Gasteiger partial charge is 0.306 e. The quantitative estimate of drug-likeness (QED) is 0.203. The number of esters is 1. The van der Waals surface area contributed by atoms with Gasteiger partial charge in [-0.15, -0.1) is 0 Å². The van der Waals surface area contributed by atoms with Crippen LogP contribution in [0.2, 0.25) is 0 Å². The van der Waals surface area contributed by atoms with Crippen LogP contribution in [0.4, 0.5) is 0 Å². The molecule has 5 heteroatoms. The van der Waals surface area contributed by atoms with Gasteiger partial charge in [-0.25, -0.2) is 0 Å². The molecule has 0 N–H and O–H groups in total. The normalized spacial score (nSPS) is 20.3. The lowest BCUT2D eigenvalue weighted by Crippen LogP contribution is -2.25. The highest BCUT2D eigenvalue weighted by atomic mass is 127. The minimum Gasteiger partial charge on any atom is -0.460 e. The van der Waals surface area contributed by atoms with Gasteiger partial charge in [-0.05, 0) is 68.7 Å². The molecule has 0 spiro atoms. The molecule has 0 saturated heterocycles. The lowest BCUT2D eigenvalue weighted by Gasteiger charge is -2.21. The van der Waals surface area contributed by atoms with Gasteiger partial charge in [0.1, 0.15) is 5.60 Å². The van der Waals surface area contributed by atoms with Crippen LogP contribution in [0.1, 0.15) is 85.5 Å². The summed E-state index contributed by atoms with van der Waals surface area (Å²) in [6.07, 6.45) is 10.6. The highest BCUT2D eigenvalue weighted by Gasteiger charge is 2.35. The highest BCUT2D eigenvalue weighted by molar-refractivity contribution is 14.1.